The Morgan fingerprint density at radius 2 is 2.16 bits per heavy atom. The van der Waals surface area contributed by atoms with Crippen LogP contribution in [-0.2, 0) is 11.3 Å². The maximum Gasteiger partial charge on any atom is 0.137 e. The molecule has 0 fully saturated rings. The number of hydrogen-bond donors (Lipinski definition) is 1. The van der Waals surface area contributed by atoms with Gasteiger partial charge in [0.15, 0.2) is 0 Å². The number of halogens is 1. The van der Waals surface area contributed by atoms with Crippen molar-refractivity contribution in [1.82, 2.24) is 5.32 Å². The topological polar surface area (TPSA) is 21.3 Å². The van der Waals surface area contributed by atoms with Crippen LogP contribution in [0.2, 0.25) is 0 Å². The Labute approximate surface area is 120 Å². The molecular formula is C15H24FNOS. The van der Waals surface area contributed by atoms with Gasteiger partial charge in [0, 0.05) is 25.1 Å². The Balaban J connectivity index is 2.56. The largest absolute Gasteiger partial charge is 0.383 e. The molecule has 1 aromatic rings. The number of thioether (sulfide) groups is 1. The lowest BCUT2D eigenvalue weighted by Gasteiger charge is -2.12. The summed E-state index contributed by atoms with van der Waals surface area (Å²) in [6.07, 6.45) is 1.11. The molecule has 1 rings (SSSR count). The average Bonchev–Trinajstić information content (AvgIpc) is 2.37. The van der Waals surface area contributed by atoms with Crippen molar-refractivity contribution in [3.63, 3.8) is 0 Å². The van der Waals surface area contributed by atoms with Gasteiger partial charge in [-0.1, -0.05) is 26.0 Å². The summed E-state index contributed by atoms with van der Waals surface area (Å²) in [6, 6.07) is 5.30. The minimum atomic E-state index is -0.111. The second kappa shape index (κ2) is 9.34. The van der Waals surface area contributed by atoms with Crippen LogP contribution in [0.3, 0.4) is 0 Å². The van der Waals surface area contributed by atoms with Crippen molar-refractivity contribution in [3.05, 3.63) is 29.6 Å². The maximum atomic E-state index is 13.9. The highest BCUT2D eigenvalue weighted by molar-refractivity contribution is 7.99. The Morgan fingerprint density at radius 3 is 2.84 bits per heavy atom. The van der Waals surface area contributed by atoms with Gasteiger partial charge < -0.3 is 10.1 Å². The molecule has 0 aliphatic carbocycles. The average molecular weight is 285 g/mol. The lowest BCUT2D eigenvalue weighted by molar-refractivity contribution is 0.199. The van der Waals surface area contributed by atoms with Crippen molar-refractivity contribution >= 4 is 11.8 Å². The first-order valence-electron chi connectivity index (χ1n) is 6.75. The molecule has 0 aliphatic rings. The van der Waals surface area contributed by atoms with Crippen molar-refractivity contribution in [2.24, 2.45) is 5.92 Å². The van der Waals surface area contributed by atoms with Gasteiger partial charge in [-0.25, -0.2) is 4.39 Å². The third kappa shape index (κ3) is 6.41. The number of nitrogens with one attached hydrogen (secondary N) is 1. The molecule has 0 saturated carbocycles. The smallest absolute Gasteiger partial charge is 0.137 e. The molecule has 0 bridgehead atoms. The van der Waals surface area contributed by atoms with E-state index in [4.69, 9.17) is 4.74 Å². The summed E-state index contributed by atoms with van der Waals surface area (Å²) >= 11 is 1.62. The molecule has 0 aromatic heterocycles. The van der Waals surface area contributed by atoms with Gasteiger partial charge in [0.05, 0.1) is 6.61 Å². The molecule has 0 aliphatic heterocycles. The van der Waals surface area contributed by atoms with Crippen LogP contribution in [0.4, 0.5) is 4.39 Å². The van der Waals surface area contributed by atoms with Gasteiger partial charge in [0.1, 0.15) is 5.82 Å². The summed E-state index contributed by atoms with van der Waals surface area (Å²) in [5.41, 5.74) is 1.03. The second-order valence-corrected chi connectivity index (χ2v) is 6.03. The molecular weight excluding hydrogens is 261 g/mol. The van der Waals surface area contributed by atoms with Crippen molar-refractivity contribution < 1.29 is 9.13 Å². The van der Waals surface area contributed by atoms with Gasteiger partial charge >= 0.3 is 0 Å². The van der Waals surface area contributed by atoms with Crippen molar-refractivity contribution in [1.29, 1.82) is 0 Å². The van der Waals surface area contributed by atoms with Gasteiger partial charge in [0.25, 0.3) is 0 Å². The van der Waals surface area contributed by atoms with E-state index in [0.29, 0.717) is 19.1 Å². The van der Waals surface area contributed by atoms with Crippen LogP contribution in [0.1, 0.15) is 25.8 Å². The van der Waals surface area contributed by atoms with Crippen LogP contribution in [0.5, 0.6) is 0 Å². The van der Waals surface area contributed by atoms with Crippen LogP contribution < -0.4 is 5.32 Å². The Bertz CT molecular complexity index is 371. The first-order chi connectivity index (χ1) is 9.15. The number of rotatable bonds is 9. The molecule has 0 spiro atoms. The highest BCUT2D eigenvalue weighted by Gasteiger charge is 2.09. The fourth-order valence-electron chi connectivity index (χ4n) is 1.65. The van der Waals surface area contributed by atoms with Crippen molar-refractivity contribution in [2.75, 3.05) is 26.0 Å². The Kier molecular flexibility index (Phi) is 8.10. The standard InChI is InChI=1S/C15H24FNOS/c1-12(2)7-10-19-15-13(5-4-6-14(15)16)11-17-8-9-18-3/h4-6,12,17H,7-11H2,1-3H3. The molecule has 2 nitrogen and oxygen atoms in total. The number of methoxy groups -OCH3 is 1. The minimum Gasteiger partial charge on any atom is -0.383 e. The van der Waals surface area contributed by atoms with E-state index < -0.39 is 0 Å². The molecule has 1 aromatic carbocycles. The summed E-state index contributed by atoms with van der Waals surface area (Å²) < 4.78 is 18.9. The Hall–Kier alpha value is -0.580. The van der Waals surface area contributed by atoms with E-state index in [9.17, 15) is 4.39 Å². The van der Waals surface area contributed by atoms with E-state index in [-0.39, 0.29) is 5.82 Å². The summed E-state index contributed by atoms with van der Waals surface area (Å²) in [5.74, 6) is 1.51. The zero-order valence-corrected chi connectivity index (χ0v) is 12.9. The molecule has 0 heterocycles. The lowest BCUT2D eigenvalue weighted by Crippen LogP contribution is -2.19. The lowest BCUT2D eigenvalue weighted by atomic mass is 10.2. The third-order valence-corrected chi connectivity index (χ3v) is 3.97. The van der Waals surface area contributed by atoms with E-state index in [0.717, 1.165) is 29.2 Å². The van der Waals surface area contributed by atoms with Gasteiger partial charge in [-0.05, 0) is 29.7 Å². The first kappa shape index (κ1) is 16.5. The van der Waals surface area contributed by atoms with E-state index in [1.807, 2.05) is 6.07 Å². The molecule has 0 radical (unpaired) electrons. The van der Waals surface area contributed by atoms with Crippen LogP contribution in [0, 0.1) is 11.7 Å². The normalized spacial score (nSPS) is 11.2. The zero-order valence-electron chi connectivity index (χ0n) is 12.0. The SMILES string of the molecule is COCCNCc1cccc(F)c1SCCC(C)C. The molecule has 0 unspecified atom stereocenters. The van der Waals surface area contributed by atoms with Crippen LogP contribution in [0.15, 0.2) is 23.1 Å². The minimum absolute atomic E-state index is 0.111. The highest BCUT2D eigenvalue weighted by Crippen LogP contribution is 2.27. The van der Waals surface area contributed by atoms with Crippen LogP contribution in [0.25, 0.3) is 0 Å². The van der Waals surface area contributed by atoms with Gasteiger partial charge in [-0.2, -0.15) is 0 Å². The van der Waals surface area contributed by atoms with Crippen LogP contribution >= 0.6 is 11.8 Å². The fourth-order valence-corrected chi connectivity index (χ4v) is 2.97. The van der Waals surface area contributed by atoms with E-state index >= 15 is 0 Å². The predicted molar refractivity (Wildman–Crippen MR) is 80.2 cm³/mol. The van der Waals surface area contributed by atoms with Crippen molar-refractivity contribution in [2.45, 2.75) is 31.7 Å². The first-order valence-corrected chi connectivity index (χ1v) is 7.73. The maximum absolute atomic E-state index is 13.9. The van der Waals surface area contributed by atoms with Gasteiger partial charge in [-0.15, -0.1) is 11.8 Å². The number of ether oxygens (including phenoxy) is 1. The summed E-state index contributed by atoms with van der Waals surface area (Å²) in [5, 5.41) is 3.26. The molecule has 108 valence electrons. The highest BCUT2D eigenvalue weighted by atomic mass is 32.2. The third-order valence-electron chi connectivity index (χ3n) is 2.79. The molecule has 19 heavy (non-hydrogen) atoms. The molecule has 1 N–H and O–H groups in total. The van der Waals surface area contributed by atoms with Gasteiger partial charge in [-0.3, -0.25) is 0 Å². The molecule has 4 heteroatoms. The van der Waals surface area contributed by atoms with Crippen molar-refractivity contribution in [3.8, 4) is 0 Å². The monoisotopic (exact) mass is 285 g/mol. The van der Waals surface area contributed by atoms with E-state index in [1.165, 1.54) is 6.07 Å². The predicted octanol–water partition coefficient (Wildman–Crippen LogP) is 3.70. The summed E-state index contributed by atoms with van der Waals surface area (Å²) in [4.78, 5) is 0.785. The molecule has 0 atom stereocenters. The van der Waals surface area contributed by atoms with E-state index in [1.54, 1.807) is 24.9 Å². The summed E-state index contributed by atoms with van der Waals surface area (Å²) in [7, 11) is 1.68. The number of hydrogen-bond acceptors (Lipinski definition) is 3. The van der Waals surface area contributed by atoms with Crippen LogP contribution in [-0.4, -0.2) is 26.0 Å². The van der Waals surface area contributed by atoms with Gasteiger partial charge in [0.2, 0.25) is 0 Å². The number of benzene rings is 1. The molecule has 0 saturated heterocycles. The zero-order chi connectivity index (χ0) is 14.1. The van der Waals surface area contributed by atoms with E-state index in [2.05, 4.69) is 19.2 Å². The molecule has 0 amide bonds. The second-order valence-electron chi connectivity index (χ2n) is 4.93. The Morgan fingerprint density at radius 1 is 1.37 bits per heavy atom. The quantitative estimate of drug-likeness (QED) is 0.552. The summed E-state index contributed by atoms with van der Waals surface area (Å²) in [6.45, 7) is 6.52. The fraction of sp³-hybridized carbons (Fsp3) is 0.600.